The van der Waals surface area contributed by atoms with Crippen LogP contribution in [0.15, 0.2) is 48.7 Å². The van der Waals surface area contributed by atoms with Gasteiger partial charge in [0.15, 0.2) is 11.5 Å². The first-order valence-corrected chi connectivity index (χ1v) is 9.32. The Morgan fingerprint density at radius 3 is 2.75 bits per heavy atom. The molecule has 2 aromatic heterocycles. The molecule has 28 heavy (non-hydrogen) atoms. The number of fused-ring (bicyclic) bond motifs is 1. The molecule has 1 aliphatic rings. The summed E-state index contributed by atoms with van der Waals surface area (Å²) in [7, 11) is 0. The van der Waals surface area contributed by atoms with Gasteiger partial charge < -0.3 is 15.4 Å². The van der Waals surface area contributed by atoms with Gasteiger partial charge in [0.05, 0.1) is 24.4 Å². The second-order valence-corrected chi connectivity index (χ2v) is 6.52. The number of anilines is 2. The molecule has 144 valence electrons. The lowest BCUT2D eigenvalue weighted by Gasteiger charge is -2.26. The molecule has 1 fully saturated rings. The van der Waals surface area contributed by atoms with Crippen molar-refractivity contribution in [1.82, 2.24) is 25.4 Å². The molecular weight excluding hydrogens is 356 g/mol. The Bertz CT molecular complexity index is 936. The minimum Gasteiger partial charge on any atom is -0.379 e. The van der Waals surface area contributed by atoms with E-state index in [1.165, 1.54) is 0 Å². The molecule has 0 bridgehead atoms. The van der Waals surface area contributed by atoms with Gasteiger partial charge in [-0.3, -0.25) is 14.7 Å². The third kappa shape index (κ3) is 4.41. The fraction of sp³-hybridized carbons (Fsp3) is 0.300. The highest BCUT2D eigenvalue weighted by Crippen LogP contribution is 2.23. The van der Waals surface area contributed by atoms with Gasteiger partial charge in [-0.1, -0.05) is 18.2 Å². The molecule has 8 heteroatoms. The Morgan fingerprint density at radius 1 is 1.07 bits per heavy atom. The van der Waals surface area contributed by atoms with Crippen LogP contribution in [0.3, 0.4) is 0 Å². The summed E-state index contributed by atoms with van der Waals surface area (Å²) in [5, 5.41) is 15.3. The number of pyridine rings is 1. The highest BCUT2D eigenvalue weighted by atomic mass is 16.5. The van der Waals surface area contributed by atoms with E-state index in [1.807, 2.05) is 30.3 Å². The average Bonchev–Trinajstić information content (AvgIpc) is 2.75. The van der Waals surface area contributed by atoms with Crippen LogP contribution in [0.1, 0.15) is 10.5 Å². The number of rotatable bonds is 6. The summed E-state index contributed by atoms with van der Waals surface area (Å²) in [6, 6.07) is 13.2. The molecule has 0 radical (unpaired) electrons. The zero-order valence-electron chi connectivity index (χ0n) is 15.5. The van der Waals surface area contributed by atoms with E-state index in [2.05, 4.69) is 30.7 Å². The number of benzene rings is 1. The number of amides is 1. The number of carbonyl (C=O) groups is 1. The molecule has 3 heterocycles. The summed E-state index contributed by atoms with van der Waals surface area (Å²) in [6.45, 7) is 4.68. The molecule has 0 unspecified atom stereocenters. The number of hydrogen-bond donors (Lipinski definition) is 2. The molecule has 0 atom stereocenters. The van der Waals surface area contributed by atoms with Crippen LogP contribution in [0.5, 0.6) is 0 Å². The van der Waals surface area contributed by atoms with E-state index >= 15 is 0 Å². The lowest BCUT2D eigenvalue weighted by molar-refractivity contribution is 0.0383. The van der Waals surface area contributed by atoms with Crippen molar-refractivity contribution in [3.8, 4) is 0 Å². The first kappa shape index (κ1) is 18.3. The summed E-state index contributed by atoms with van der Waals surface area (Å²) in [5.74, 6) is 0.335. The number of para-hydroxylation sites is 1. The van der Waals surface area contributed by atoms with Crippen LogP contribution in [-0.4, -0.2) is 65.4 Å². The van der Waals surface area contributed by atoms with E-state index in [1.54, 1.807) is 18.3 Å². The number of ether oxygens (including phenoxy) is 1. The molecular formula is C20H22N6O2. The van der Waals surface area contributed by atoms with Crippen LogP contribution in [0.25, 0.3) is 10.9 Å². The van der Waals surface area contributed by atoms with Crippen molar-refractivity contribution in [3.63, 3.8) is 0 Å². The Balaban J connectivity index is 1.34. The van der Waals surface area contributed by atoms with E-state index in [0.29, 0.717) is 18.1 Å². The Labute approximate surface area is 162 Å². The number of nitrogens with zero attached hydrogens (tertiary/aromatic N) is 4. The van der Waals surface area contributed by atoms with Crippen LogP contribution < -0.4 is 10.6 Å². The van der Waals surface area contributed by atoms with Gasteiger partial charge in [-0.25, -0.2) is 0 Å². The molecule has 0 spiro atoms. The molecule has 1 aromatic carbocycles. The maximum atomic E-state index is 12.2. The van der Waals surface area contributed by atoms with Gasteiger partial charge >= 0.3 is 0 Å². The van der Waals surface area contributed by atoms with Crippen molar-refractivity contribution >= 4 is 28.3 Å². The molecule has 3 aromatic rings. The minimum absolute atomic E-state index is 0.223. The van der Waals surface area contributed by atoms with E-state index in [0.717, 1.165) is 49.4 Å². The number of morpholine rings is 1. The van der Waals surface area contributed by atoms with Gasteiger partial charge in [-0.05, 0) is 24.3 Å². The summed E-state index contributed by atoms with van der Waals surface area (Å²) in [4.78, 5) is 18.9. The van der Waals surface area contributed by atoms with Gasteiger partial charge in [-0.2, -0.15) is 0 Å². The second-order valence-electron chi connectivity index (χ2n) is 6.52. The third-order valence-electron chi connectivity index (χ3n) is 4.61. The maximum absolute atomic E-state index is 12.2. The Hall–Kier alpha value is -3.10. The van der Waals surface area contributed by atoms with Crippen LogP contribution in [-0.2, 0) is 4.74 Å². The van der Waals surface area contributed by atoms with Crippen molar-refractivity contribution in [2.45, 2.75) is 0 Å². The van der Waals surface area contributed by atoms with E-state index in [9.17, 15) is 4.79 Å². The highest BCUT2D eigenvalue weighted by molar-refractivity contribution is 5.93. The first-order chi connectivity index (χ1) is 13.8. The van der Waals surface area contributed by atoms with E-state index < -0.39 is 0 Å². The first-order valence-electron chi connectivity index (χ1n) is 9.32. The Morgan fingerprint density at radius 2 is 1.93 bits per heavy atom. The van der Waals surface area contributed by atoms with Crippen LogP contribution >= 0.6 is 0 Å². The van der Waals surface area contributed by atoms with Crippen molar-refractivity contribution in [1.29, 1.82) is 0 Å². The quantitative estimate of drug-likeness (QED) is 0.676. The number of hydrogen-bond acceptors (Lipinski definition) is 7. The summed E-state index contributed by atoms with van der Waals surface area (Å²) >= 11 is 0. The molecule has 4 rings (SSSR count). The lowest BCUT2D eigenvalue weighted by Crippen LogP contribution is -2.41. The summed E-state index contributed by atoms with van der Waals surface area (Å²) < 4.78 is 5.32. The summed E-state index contributed by atoms with van der Waals surface area (Å²) in [6.07, 6.45) is 1.75. The largest absolute Gasteiger partial charge is 0.379 e. The van der Waals surface area contributed by atoms with Gasteiger partial charge in [0, 0.05) is 37.8 Å². The highest BCUT2D eigenvalue weighted by Gasteiger charge is 2.12. The normalized spacial score (nSPS) is 14.7. The molecule has 0 saturated carbocycles. The number of nitrogens with one attached hydrogen (secondary N) is 2. The van der Waals surface area contributed by atoms with E-state index in [4.69, 9.17) is 4.74 Å². The molecule has 8 nitrogen and oxygen atoms in total. The zero-order chi connectivity index (χ0) is 19.2. The van der Waals surface area contributed by atoms with Gasteiger partial charge in [0.1, 0.15) is 0 Å². The van der Waals surface area contributed by atoms with Crippen LogP contribution in [0.4, 0.5) is 11.5 Å². The molecule has 1 amide bonds. The lowest BCUT2D eigenvalue weighted by atomic mass is 10.2. The summed E-state index contributed by atoms with van der Waals surface area (Å²) in [5.41, 5.74) is 2.00. The Kier molecular flexibility index (Phi) is 5.69. The zero-order valence-corrected chi connectivity index (χ0v) is 15.5. The van der Waals surface area contributed by atoms with Crippen LogP contribution in [0, 0.1) is 0 Å². The van der Waals surface area contributed by atoms with Gasteiger partial charge in [-0.15, -0.1) is 10.2 Å². The van der Waals surface area contributed by atoms with Gasteiger partial charge in [0.25, 0.3) is 5.91 Å². The smallest absolute Gasteiger partial charge is 0.271 e. The standard InChI is InChI=1S/C20H22N6O2/c27-20(22-9-10-26-11-13-28-14-12-26)17-6-7-18(25-24-17)23-16-5-1-3-15-4-2-8-21-19(15)16/h1-8H,9-14H2,(H,22,27)(H,23,25). The van der Waals surface area contributed by atoms with Gasteiger partial charge in [0.2, 0.25) is 0 Å². The molecule has 1 saturated heterocycles. The number of aromatic nitrogens is 3. The van der Waals surface area contributed by atoms with Crippen molar-refractivity contribution < 1.29 is 9.53 Å². The minimum atomic E-state index is -0.223. The third-order valence-corrected chi connectivity index (χ3v) is 4.61. The molecule has 0 aliphatic carbocycles. The molecule has 1 aliphatic heterocycles. The predicted octanol–water partition coefficient (Wildman–Crippen LogP) is 1.83. The van der Waals surface area contributed by atoms with Crippen molar-refractivity contribution in [3.05, 3.63) is 54.4 Å². The van der Waals surface area contributed by atoms with Crippen LogP contribution in [0.2, 0.25) is 0 Å². The fourth-order valence-electron chi connectivity index (χ4n) is 3.11. The predicted molar refractivity (Wildman–Crippen MR) is 107 cm³/mol. The average molecular weight is 378 g/mol. The maximum Gasteiger partial charge on any atom is 0.271 e. The topological polar surface area (TPSA) is 92.3 Å². The second kappa shape index (κ2) is 8.73. The SMILES string of the molecule is O=C(NCCN1CCOCC1)c1ccc(Nc2cccc3cccnc23)nn1. The van der Waals surface area contributed by atoms with Crippen molar-refractivity contribution in [2.24, 2.45) is 0 Å². The number of carbonyl (C=O) groups excluding carboxylic acids is 1. The van der Waals surface area contributed by atoms with E-state index in [-0.39, 0.29) is 5.91 Å². The fourth-order valence-corrected chi connectivity index (χ4v) is 3.11. The monoisotopic (exact) mass is 378 g/mol. The molecule has 2 N–H and O–H groups in total. The van der Waals surface area contributed by atoms with Crippen molar-refractivity contribution in [2.75, 3.05) is 44.7 Å².